The molecule has 6 heterocycles. The number of allylic oxidation sites excluding steroid dienone is 6. The fourth-order valence-corrected chi connectivity index (χ4v) is 15.9. The first-order chi connectivity index (χ1) is 52.4. The second kappa shape index (κ2) is 45.3. The lowest BCUT2D eigenvalue weighted by molar-refractivity contribution is 0.109. The highest BCUT2D eigenvalue weighted by atomic mass is 16.5. The molecule has 6 aliphatic rings. The van der Waals surface area contributed by atoms with Gasteiger partial charge in [-0.15, -0.1) is 0 Å². The van der Waals surface area contributed by atoms with E-state index in [4.69, 9.17) is 28.4 Å². The van der Waals surface area contributed by atoms with Crippen molar-refractivity contribution < 1.29 is 28.4 Å². The van der Waals surface area contributed by atoms with Gasteiger partial charge in [0.25, 0.3) is 0 Å². The van der Waals surface area contributed by atoms with Crippen LogP contribution < -0.4 is 0 Å². The standard InChI is InChI=1S/4C18H26O.2C16H22O/c1-13-10-18(11-14(2)16(13)4)7-5-6-17-9-8-15(3)19-12-17;1-13-8-9-18(19-12-13)7-5-6-17-10-14(2)16(4)15(3)11-17;1-5-6-18-8-7-16(12-19-18)11-17-9-13(2)15(4)14(3)10-17;1-5-6-16-7-8-18(19-12-16)11-17-9-13(2)15(4)14(3)10-17;2*1-11-5-6-16(17-10-11)9-15-7-12(2)14(4)13(3)8-15/h10-12,15H,5-9H2,1-4H3;10-12,18H,5-9H2,1-4H3;2*9-10,12,18H,5-8,11H2,1-4H3;2*7-8,10,16H,5-6,9H2,1-4H3. The molecule has 110 heavy (non-hydrogen) atoms. The van der Waals surface area contributed by atoms with Crippen molar-refractivity contribution in [3.05, 3.63) is 277 Å². The molecule has 0 spiro atoms. The van der Waals surface area contributed by atoms with E-state index in [1.54, 1.807) is 0 Å². The lowest BCUT2D eigenvalue weighted by Gasteiger charge is -2.23. The van der Waals surface area contributed by atoms with Crippen molar-refractivity contribution >= 4 is 0 Å². The van der Waals surface area contributed by atoms with E-state index < -0.39 is 0 Å². The van der Waals surface area contributed by atoms with Gasteiger partial charge in [-0.05, 0) is 454 Å². The lowest BCUT2D eigenvalue weighted by Crippen LogP contribution is -2.18. The Morgan fingerprint density at radius 2 is 0.536 bits per heavy atom. The highest BCUT2D eigenvalue weighted by Crippen LogP contribution is 2.31. The summed E-state index contributed by atoms with van der Waals surface area (Å²) in [6.45, 7) is 52.6. The van der Waals surface area contributed by atoms with Crippen LogP contribution in [-0.4, -0.2) is 36.6 Å². The van der Waals surface area contributed by atoms with Gasteiger partial charge < -0.3 is 28.4 Å². The van der Waals surface area contributed by atoms with E-state index in [9.17, 15) is 0 Å². The van der Waals surface area contributed by atoms with Gasteiger partial charge in [-0.1, -0.05) is 99.5 Å². The third kappa shape index (κ3) is 29.9. The largest absolute Gasteiger partial charge is 0.498 e. The minimum atomic E-state index is 0.361. The SMILES string of the molecule is CC1=COC(CCCc2cc(C)c(C)c(C)c2)CC1.CC1=COC(Cc2cc(C)c(C)c(C)c2)CC1.CC1=COC(Cc2cc(C)c(C)c(C)c2)CC1.CCCC1=COC(Cc2cc(C)c(C)c(C)c2)CC1.CCCC1CCC(Cc2cc(C)c(C)c(C)c2)=CO1.Cc1cc(CCCC2=COC(C)CC2)cc(C)c1C. The van der Waals surface area contributed by atoms with Crippen molar-refractivity contribution in [3.63, 3.8) is 0 Å². The quantitative estimate of drug-likeness (QED) is 0.0759. The zero-order valence-electron chi connectivity index (χ0n) is 73.7. The minimum absolute atomic E-state index is 0.361. The second-order valence-corrected chi connectivity index (χ2v) is 34.4. The number of hydrogen-bond acceptors (Lipinski definition) is 6. The molecule has 0 aliphatic carbocycles. The molecule has 6 nitrogen and oxygen atoms in total. The Morgan fingerprint density at radius 3 is 0.855 bits per heavy atom. The molecule has 0 N–H and O–H groups in total. The van der Waals surface area contributed by atoms with Gasteiger partial charge in [-0.3, -0.25) is 0 Å². The summed E-state index contributed by atoms with van der Waals surface area (Å²) in [7, 11) is 0. The van der Waals surface area contributed by atoms with Gasteiger partial charge in [0.1, 0.15) is 18.3 Å². The van der Waals surface area contributed by atoms with Crippen molar-refractivity contribution in [2.75, 3.05) is 0 Å². The summed E-state index contributed by atoms with van der Waals surface area (Å²) in [5.41, 5.74) is 42.5. The van der Waals surface area contributed by atoms with Gasteiger partial charge in [0, 0.05) is 19.3 Å². The van der Waals surface area contributed by atoms with Gasteiger partial charge in [0.05, 0.1) is 55.9 Å². The van der Waals surface area contributed by atoms with E-state index in [-0.39, 0.29) is 0 Å². The molecule has 6 atom stereocenters. The van der Waals surface area contributed by atoms with E-state index >= 15 is 0 Å². The zero-order chi connectivity index (χ0) is 80.1. The molecular weight excluding hydrogens is 1350 g/mol. The minimum Gasteiger partial charge on any atom is -0.498 e. The fraction of sp³-hybridized carbons (Fsp3) is 0.538. The van der Waals surface area contributed by atoms with Gasteiger partial charge in [-0.25, -0.2) is 0 Å². The summed E-state index contributed by atoms with van der Waals surface area (Å²) in [4.78, 5) is 0. The molecule has 0 amide bonds. The van der Waals surface area contributed by atoms with Crippen LogP contribution in [0.2, 0.25) is 0 Å². The molecular formula is C104H148O6. The Hall–Kier alpha value is -7.44. The molecule has 6 aromatic carbocycles. The Morgan fingerprint density at radius 1 is 0.255 bits per heavy atom. The topological polar surface area (TPSA) is 55.4 Å². The van der Waals surface area contributed by atoms with E-state index in [0.29, 0.717) is 36.6 Å². The Bertz CT molecular complexity index is 3910. The molecule has 0 saturated carbocycles. The molecule has 0 saturated heterocycles. The lowest BCUT2D eigenvalue weighted by atomic mass is 9.94. The van der Waals surface area contributed by atoms with Crippen LogP contribution in [0.3, 0.4) is 0 Å². The molecule has 6 aliphatic heterocycles. The van der Waals surface area contributed by atoms with Gasteiger partial charge in [0.2, 0.25) is 0 Å². The molecule has 0 bridgehead atoms. The molecule has 6 unspecified atom stereocenters. The predicted octanol–water partition coefficient (Wildman–Crippen LogP) is 28.5. The van der Waals surface area contributed by atoms with Crippen LogP contribution in [0, 0.1) is 125 Å². The molecule has 600 valence electrons. The maximum absolute atomic E-state index is 5.89. The summed E-state index contributed by atoms with van der Waals surface area (Å²) < 4.78 is 34.5. The Kier molecular flexibility index (Phi) is 37.0. The second-order valence-electron chi connectivity index (χ2n) is 34.4. The van der Waals surface area contributed by atoms with Gasteiger partial charge >= 0.3 is 0 Å². The van der Waals surface area contributed by atoms with Crippen molar-refractivity contribution in [2.24, 2.45) is 0 Å². The van der Waals surface area contributed by atoms with Crippen molar-refractivity contribution in [2.45, 2.75) is 370 Å². The Balaban J connectivity index is 0.000000184. The van der Waals surface area contributed by atoms with Crippen molar-refractivity contribution in [1.82, 2.24) is 0 Å². The number of benzene rings is 6. The average molecular weight is 1490 g/mol. The van der Waals surface area contributed by atoms with Gasteiger partial charge in [0.15, 0.2) is 0 Å². The highest BCUT2D eigenvalue weighted by Gasteiger charge is 2.21. The van der Waals surface area contributed by atoms with Crippen LogP contribution in [0.5, 0.6) is 0 Å². The number of rotatable bonds is 20. The third-order valence-electron chi connectivity index (χ3n) is 24.6. The van der Waals surface area contributed by atoms with Crippen LogP contribution in [0.4, 0.5) is 0 Å². The van der Waals surface area contributed by atoms with Crippen molar-refractivity contribution in [3.8, 4) is 0 Å². The molecule has 12 rings (SSSR count). The van der Waals surface area contributed by atoms with E-state index in [2.05, 4.69) is 239 Å². The van der Waals surface area contributed by atoms with Crippen LogP contribution in [0.15, 0.2) is 144 Å². The third-order valence-corrected chi connectivity index (χ3v) is 24.6. The summed E-state index contributed by atoms with van der Waals surface area (Å²) >= 11 is 0. The van der Waals surface area contributed by atoms with E-state index in [0.717, 1.165) is 44.9 Å². The smallest absolute Gasteiger partial charge is 0.102 e. The first kappa shape index (κ1) is 89.8. The molecule has 6 aromatic rings. The monoisotopic (exact) mass is 1490 g/mol. The molecule has 6 heteroatoms. The number of aryl methyl sites for hydroxylation is 14. The first-order valence-corrected chi connectivity index (χ1v) is 42.8. The summed E-state index contributed by atoms with van der Waals surface area (Å²) in [6.07, 6.45) is 44.5. The van der Waals surface area contributed by atoms with Crippen LogP contribution >= 0.6 is 0 Å². The normalized spacial score (nSPS) is 19.2. The zero-order valence-corrected chi connectivity index (χ0v) is 73.7. The fourth-order valence-electron chi connectivity index (χ4n) is 15.9. The average Bonchev–Trinajstić information content (AvgIpc) is 0.867. The highest BCUT2D eigenvalue weighted by molar-refractivity contribution is 5.42. The maximum atomic E-state index is 5.89. The van der Waals surface area contributed by atoms with Crippen LogP contribution in [-0.2, 0) is 66.9 Å². The summed E-state index contributed by atoms with van der Waals surface area (Å²) in [5.74, 6) is 0. The molecule has 0 fully saturated rings. The van der Waals surface area contributed by atoms with Crippen molar-refractivity contribution in [1.29, 1.82) is 0 Å². The Labute approximate surface area is 671 Å². The summed E-state index contributed by atoms with van der Waals surface area (Å²) in [5, 5.41) is 0. The van der Waals surface area contributed by atoms with E-state index in [1.165, 1.54) is 289 Å². The number of ether oxygens (including phenoxy) is 6. The number of hydrogen-bond donors (Lipinski definition) is 0. The maximum Gasteiger partial charge on any atom is 0.102 e. The molecule has 0 aromatic heterocycles. The van der Waals surface area contributed by atoms with Gasteiger partial charge in [-0.2, -0.15) is 0 Å². The van der Waals surface area contributed by atoms with Crippen LogP contribution in [0.1, 0.15) is 303 Å². The first-order valence-electron chi connectivity index (χ1n) is 42.8. The summed E-state index contributed by atoms with van der Waals surface area (Å²) in [6, 6.07) is 27.9. The van der Waals surface area contributed by atoms with Crippen LogP contribution in [0.25, 0.3) is 0 Å². The van der Waals surface area contributed by atoms with E-state index in [1.807, 2.05) is 37.6 Å². The molecule has 0 radical (unpaired) electrons. The predicted molar refractivity (Wildman–Crippen MR) is 470 cm³/mol.